The first-order valence-electron chi connectivity index (χ1n) is 8.39. The van der Waals surface area contributed by atoms with Crippen LogP contribution in [0.3, 0.4) is 0 Å². The van der Waals surface area contributed by atoms with Crippen LogP contribution < -0.4 is 14.2 Å². The second-order valence-corrected chi connectivity index (χ2v) is 6.06. The fraction of sp³-hybridized carbons (Fsp3) is 0.350. The number of rotatable bonds is 8. The number of carbonyl (C=O) groups is 1. The molecule has 0 saturated carbocycles. The Balaban J connectivity index is 1.95. The Labute approximate surface area is 153 Å². The van der Waals surface area contributed by atoms with Gasteiger partial charge in [0, 0.05) is 12.6 Å². The number of methoxy groups -OCH3 is 1. The zero-order valence-corrected chi connectivity index (χ0v) is 15.5. The summed E-state index contributed by atoms with van der Waals surface area (Å²) in [5, 5.41) is 0. The van der Waals surface area contributed by atoms with E-state index in [1.807, 2.05) is 13.8 Å². The molecule has 0 aliphatic heterocycles. The lowest BCUT2D eigenvalue weighted by molar-refractivity contribution is 0.0773. The predicted molar refractivity (Wildman–Crippen MR) is 97.6 cm³/mol. The van der Waals surface area contributed by atoms with Crippen molar-refractivity contribution >= 4 is 5.91 Å². The standard InChI is InChI=1S/C20H24FNO4/c1-14(2)26-18-10-5-15(13-19(18)24-4)20(23)22(3)11-12-25-17-8-6-16(21)7-9-17/h5-10,13-14H,11-12H2,1-4H3. The van der Waals surface area contributed by atoms with Crippen molar-refractivity contribution in [3.05, 3.63) is 53.8 Å². The maximum atomic E-state index is 12.9. The Morgan fingerprint density at radius 1 is 1.12 bits per heavy atom. The molecule has 0 heterocycles. The summed E-state index contributed by atoms with van der Waals surface area (Å²) in [6.45, 7) is 4.54. The van der Waals surface area contributed by atoms with Gasteiger partial charge in [-0.2, -0.15) is 0 Å². The minimum absolute atomic E-state index is 0.0109. The van der Waals surface area contributed by atoms with E-state index >= 15 is 0 Å². The van der Waals surface area contributed by atoms with Crippen LogP contribution in [0.4, 0.5) is 4.39 Å². The van der Waals surface area contributed by atoms with Gasteiger partial charge in [-0.3, -0.25) is 4.79 Å². The number of likely N-dealkylation sites (N-methyl/N-ethyl adjacent to an activating group) is 1. The summed E-state index contributed by atoms with van der Waals surface area (Å²) in [6.07, 6.45) is 0.0109. The summed E-state index contributed by atoms with van der Waals surface area (Å²) >= 11 is 0. The van der Waals surface area contributed by atoms with E-state index in [0.717, 1.165) is 0 Å². The third-order valence-corrected chi connectivity index (χ3v) is 3.63. The van der Waals surface area contributed by atoms with Gasteiger partial charge >= 0.3 is 0 Å². The number of ether oxygens (including phenoxy) is 3. The summed E-state index contributed by atoms with van der Waals surface area (Å²) in [5.74, 6) is 1.21. The van der Waals surface area contributed by atoms with Crippen molar-refractivity contribution in [2.75, 3.05) is 27.3 Å². The molecule has 2 aromatic rings. The molecular formula is C20H24FNO4. The van der Waals surface area contributed by atoms with Crippen molar-refractivity contribution in [2.45, 2.75) is 20.0 Å². The third-order valence-electron chi connectivity index (χ3n) is 3.63. The minimum Gasteiger partial charge on any atom is -0.493 e. The van der Waals surface area contributed by atoms with Gasteiger partial charge in [0.25, 0.3) is 5.91 Å². The van der Waals surface area contributed by atoms with Gasteiger partial charge in [-0.25, -0.2) is 4.39 Å². The number of hydrogen-bond donors (Lipinski definition) is 0. The van der Waals surface area contributed by atoms with Gasteiger partial charge in [0.05, 0.1) is 19.8 Å². The van der Waals surface area contributed by atoms with Crippen molar-refractivity contribution in [1.29, 1.82) is 0 Å². The zero-order chi connectivity index (χ0) is 19.1. The van der Waals surface area contributed by atoms with E-state index in [9.17, 15) is 9.18 Å². The molecule has 0 unspecified atom stereocenters. The molecule has 0 radical (unpaired) electrons. The predicted octanol–water partition coefficient (Wildman–Crippen LogP) is 3.77. The van der Waals surface area contributed by atoms with Crippen molar-refractivity contribution in [2.24, 2.45) is 0 Å². The molecule has 1 amide bonds. The molecule has 0 N–H and O–H groups in total. The third kappa shape index (κ3) is 5.37. The molecule has 6 heteroatoms. The topological polar surface area (TPSA) is 48.0 Å². The highest BCUT2D eigenvalue weighted by Crippen LogP contribution is 2.29. The molecule has 0 fully saturated rings. The summed E-state index contributed by atoms with van der Waals surface area (Å²) < 4.78 is 29.4. The van der Waals surface area contributed by atoms with Crippen molar-refractivity contribution in [3.63, 3.8) is 0 Å². The smallest absolute Gasteiger partial charge is 0.253 e. The average molecular weight is 361 g/mol. The van der Waals surface area contributed by atoms with E-state index in [-0.39, 0.29) is 17.8 Å². The van der Waals surface area contributed by atoms with Crippen LogP contribution in [0.1, 0.15) is 24.2 Å². The normalized spacial score (nSPS) is 10.5. The molecule has 0 spiro atoms. The highest BCUT2D eigenvalue weighted by Gasteiger charge is 2.15. The second-order valence-electron chi connectivity index (χ2n) is 6.06. The van der Waals surface area contributed by atoms with Crippen LogP contribution in [0.2, 0.25) is 0 Å². The summed E-state index contributed by atoms with van der Waals surface area (Å²) in [4.78, 5) is 14.1. The van der Waals surface area contributed by atoms with Gasteiger partial charge < -0.3 is 19.1 Å². The number of amides is 1. The van der Waals surface area contributed by atoms with E-state index in [1.54, 1.807) is 42.3 Å². The molecule has 2 rings (SSSR count). The quantitative estimate of drug-likeness (QED) is 0.718. The highest BCUT2D eigenvalue weighted by atomic mass is 19.1. The zero-order valence-electron chi connectivity index (χ0n) is 15.5. The molecule has 0 saturated heterocycles. The molecule has 26 heavy (non-hydrogen) atoms. The van der Waals surface area contributed by atoms with Crippen LogP contribution in [0.15, 0.2) is 42.5 Å². The van der Waals surface area contributed by atoms with Crippen LogP contribution in [-0.4, -0.2) is 44.2 Å². The molecule has 140 valence electrons. The number of benzene rings is 2. The molecule has 2 aromatic carbocycles. The summed E-state index contributed by atoms with van der Waals surface area (Å²) in [5.41, 5.74) is 0.502. The fourth-order valence-electron chi connectivity index (χ4n) is 2.31. The lowest BCUT2D eigenvalue weighted by Crippen LogP contribution is -2.30. The molecule has 5 nitrogen and oxygen atoms in total. The van der Waals surface area contributed by atoms with Gasteiger partial charge in [-0.15, -0.1) is 0 Å². The van der Waals surface area contributed by atoms with Crippen LogP contribution in [0.25, 0.3) is 0 Å². The highest BCUT2D eigenvalue weighted by molar-refractivity contribution is 5.94. The first-order valence-corrected chi connectivity index (χ1v) is 8.39. The largest absolute Gasteiger partial charge is 0.493 e. The Morgan fingerprint density at radius 2 is 1.81 bits per heavy atom. The summed E-state index contributed by atoms with van der Waals surface area (Å²) in [7, 11) is 3.23. The van der Waals surface area contributed by atoms with E-state index in [4.69, 9.17) is 14.2 Å². The molecule has 0 aliphatic carbocycles. The van der Waals surface area contributed by atoms with E-state index in [1.165, 1.54) is 19.2 Å². The van der Waals surface area contributed by atoms with Crippen LogP contribution in [-0.2, 0) is 0 Å². The van der Waals surface area contributed by atoms with Gasteiger partial charge in [-0.05, 0) is 56.3 Å². The lowest BCUT2D eigenvalue weighted by atomic mass is 10.1. The van der Waals surface area contributed by atoms with Gasteiger partial charge in [-0.1, -0.05) is 0 Å². The Morgan fingerprint density at radius 3 is 2.42 bits per heavy atom. The van der Waals surface area contributed by atoms with Gasteiger partial charge in [0.15, 0.2) is 11.5 Å². The van der Waals surface area contributed by atoms with Crippen LogP contribution >= 0.6 is 0 Å². The van der Waals surface area contributed by atoms with Crippen molar-refractivity contribution < 1.29 is 23.4 Å². The first-order chi connectivity index (χ1) is 12.4. The van der Waals surface area contributed by atoms with Crippen LogP contribution in [0.5, 0.6) is 17.2 Å². The maximum absolute atomic E-state index is 12.9. The SMILES string of the molecule is COc1cc(C(=O)N(C)CCOc2ccc(F)cc2)ccc1OC(C)C. The number of hydrogen-bond acceptors (Lipinski definition) is 4. The Kier molecular flexibility index (Phi) is 6.83. The molecule has 0 aliphatic rings. The first kappa shape index (κ1) is 19.6. The van der Waals surface area contributed by atoms with E-state index in [0.29, 0.717) is 36.0 Å². The molecular weight excluding hydrogens is 337 g/mol. The van der Waals surface area contributed by atoms with E-state index in [2.05, 4.69) is 0 Å². The van der Waals surface area contributed by atoms with Crippen molar-refractivity contribution in [1.82, 2.24) is 4.90 Å². The monoisotopic (exact) mass is 361 g/mol. The minimum atomic E-state index is -0.316. The number of carbonyl (C=O) groups excluding carboxylic acids is 1. The van der Waals surface area contributed by atoms with Gasteiger partial charge in [0.1, 0.15) is 18.2 Å². The lowest BCUT2D eigenvalue weighted by Gasteiger charge is -2.19. The number of nitrogens with zero attached hydrogens (tertiary/aromatic N) is 1. The van der Waals surface area contributed by atoms with Crippen molar-refractivity contribution in [3.8, 4) is 17.2 Å². The number of halogens is 1. The summed E-state index contributed by atoms with van der Waals surface area (Å²) in [6, 6.07) is 10.9. The van der Waals surface area contributed by atoms with E-state index < -0.39 is 0 Å². The van der Waals surface area contributed by atoms with Gasteiger partial charge in [0.2, 0.25) is 0 Å². The maximum Gasteiger partial charge on any atom is 0.253 e. The fourth-order valence-corrected chi connectivity index (χ4v) is 2.31. The molecule has 0 atom stereocenters. The Bertz CT molecular complexity index is 731. The molecule has 0 aromatic heterocycles. The molecule has 0 bridgehead atoms. The van der Waals surface area contributed by atoms with Crippen LogP contribution in [0, 0.1) is 5.82 Å². The Hall–Kier alpha value is -2.76. The second kappa shape index (κ2) is 9.08. The average Bonchev–Trinajstić information content (AvgIpc) is 2.62.